The van der Waals surface area contributed by atoms with Crippen LogP contribution < -0.4 is 9.64 Å². The number of nitrogens with zero attached hydrogens (tertiary/aromatic N) is 2. The van der Waals surface area contributed by atoms with Crippen LogP contribution in [-0.4, -0.2) is 55.4 Å². The fourth-order valence-corrected chi connectivity index (χ4v) is 4.00. The summed E-state index contributed by atoms with van der Waals surface area (Å²) in [4.78, 5) is 27.7. The van der Waals surface area contributed by atoms with Crippen molar-refractivity contribution in [3.63, 3.8) is 0 Å². The van der Waals surface area contributed by atoms with Crippen LogP contribution in [0.2, 0.25) is 0 Å². The van der Waals surface area contributed by atoms with Crippen molar-refractivity contribution in [1.82, 2.24) is 4.90 Å². The third-order valence-corrected chi connectivity index (χ3v) is 5.78. The normalized spacial score (nSPS) is 18.8. The molecule has 0 radical (unpaired) electrons. The minimum absolute atomic E-state index is 0.0518. The second-order valence-corrected chi connectivity index (χ2v) is 9.08. The topological polar surface area (TPSA) is 68.3 Å². The highest BCUT2D eigenvalue weighted by molar-refractivity contribution is 5.89. The lowest BCUT2D eigenvalue weighted by Crippen LogP contribution is -2.37. The molecular formula is C26H30F6N2O5. The van der Waals surface area contributed by atoms with Crippen LogP contribution in [0, 0.1) is 5.92 Å². The molecule has 39 heavy (non-hydrogen) atoms. The maximum atomic E-state index is 13.3. The average Bonchev–Trinajstić information content (AvgIpc) is 3.09. The molecule has 1 heterocycles. The van der Waals surface area contributed by atoms with E-state index in [0.29, 0.717) is 6.08 Å². The number of ether oxygens (including phenoxy) is 3. The maximum Gasteiger partial charge on any atom is 0.573 e. The summed E-state index contributed by atoms with van der Waals surface area (Å²) >= 11 is 0. The molecule has 0 aromatic heterocycles. The molecule has 2 amide bonds. The van der Waals surface area contributed by atoms with Gasteiger partial charge in [0.2, 0.25) is 0 Å². The molecule has 0 N–H and O–H groups in total. The number of benzene rings is 1. The number of methoxy groups -OCH3 is 1. The number of hydrogen-bond donors (Lipinski definition) is 0. The fraction of sp³-hybridized carbons (Fsp3) is 0.462. The van der Waals surface area contributed by atoms with Crippen LogP contribution in [0.15, 0.2) is 54.2 Å². The lowest BCUT2D eigenvalue weighted by atomic mass is 9.99. The summed E-state index contributed by atoms with van der Waals surface area (Å²) in [7, 11) is 1.14. The Morgan fingerprint density at radius 1 is 1.23 bits per heavy atom. The quantitative estimate of drug-likeness (QED) is 0.236. The second kappa shape index (κ2) is 12.5. The van der Waals surface area contributed by atoms with Gasteiger partial charge < -0.3 is 14.2 Å². The summed E-state index contributed by atoms with van der Waals surface area (Å²) in [6.07, 6.45) is -9.69. The van der Waals surface area contributed by atoms with E-state index in [1.165, 1.54) is 30.9 Å². The van der Waals surface area contributed by atoms with E-state index in [0.717, 1.165) is 30.2 Å². The number of allylic oxidation sites excluding steroid dienone is 3. The molecule has 0 saturated carbocycles. The number of anilines is 1. The Morgan fingerprint density at radius 3 is 2.36 bits per heavy atom. The van der Waals surface area contributed by atoms with Crippen LogP contribution in [0.25, 0.3) is 0 Å². The van der Waals surface area contributed by atoms with Crippen molar-refractivity contribution >= 4 is 17.9 Å². The number of alkyl halides is 6. The van der Waals surface area contributed by atoms with E-state index in [-0.39, 0.29) is 35.8 Å². The van der Waals surface area contributed by atoms with Crippen molar-refractivity contribution in [3.8, 4) is 5.75 Å². The van der Waals surface area contributed by atoms with Crippen molar-refractivity contribution in [2.45, 2.75) is 58.9 Å². The molecule has 1 saturated heterocycles. The average molecular weight is 565 g/mol. The predicted octanol–water partition coefficient (Wildman–Crippen LogP) is 7.14. The van der Waals surface area contributed by atoms with E-state index >= 15 is 0 Å². The number of rotatable bonds is 9. The summed E-state index contributed by atoms with van der Waals surface area (Å²) in [6, 6.07) is 2.45. The molecule has 2 atom stereocenters. The third-order valence-electron chi connectivity index (χ3n) is 5.78. The summed E-state index contributed by atoms with van der Waals surface area (Å²) in [6.45, 7) is 9.59. The van der Waals surface area contributed by atoms with Gasteiger partial charge in [-0.3, -0.25) is 9.80 Å². The highest BCUT2D eigenvalue weighted by Gasteiger charge is 2.42. The van der Waals surface area contributed by atoms with Crippen molar-refractivity contribution in [2.24, 2.45) is 5.92 Å². The summed E-state index contributed by atoms with van der Waals surface area (Å²) < 4.78 is 92.9. The van der Waals surface area contributed by atoms with Gasteiger partial charge in [-0.25, -0.2) is 9.59 Å². The van der Waals surface area contributed by atoms with Gasteiger partial charge in [-0.1, -0.05) is 32.6 Å². The van der Waals surface area contributed by atoms with Gasteiger partial charge in [-0.05, 0) is 55.2 Å². The monoisotopic (exact) mass is 564 g/mol. The Morgan fingerprint density at radius 2 is 1.87 bits per heavy atom. The minimum Gasteiger partial charge on any atom is -0.452 e. The van der Waals surface area contributed by atoms with Crippen molar-refractivity contribution < 1.29 is 50.1 Å². The van der Waals surface area contributed by atoms with E-state index in [9.17, 15) is 35.9 Å². The van der Waals surface area contributed by atoms with Crippen LogP contribution >= 0.6 is 0 Å². The van der Waals surface area contributed by atoms with E-state index in [1.807, 2.05) is 13.8 Å². The molecule has 1 aromatic carbocycles. The van der Waals surface area contributed by atoms with E-state index in [2.05, 4.69) is 11.3 Å². The molecule has 216 valence electrons. The molecule has 1 aliphatic rings. The highest BCUT2D eigenvalue weighted by Crippen LogP contribution is 2.35. The molecule has 0 aliphatic carbocycles. The zero-order chi connectivity index (χ0) is 29.7. The summed E-state index contributed by atoms with van der Waals surface area (Å²) in [5.74, 6) is -0.662. The Hall–Kier alpha value is -3.64. The predicted molar refractivity (Wildman–Crippen MR) is 131 cm³/mol. The first-order valence-corrected chi connectivity index (χ1v) is 11.8. The number of cyclic esters (lactones) is 1. The standard InChI is InChI=1S/C26H30F6N2O5/c1-7-17(11-19(8-2)25(27,28)29)22-16(5)33(24(36)38-22)14-18-12-20(39-26(30,31)32)9-10-21(18)34(13-15(3)4)23(35)37-6/h7-12,15-16,22H,2,13-14H2,1,3-6H3/b17-7+,19-11+/t16-,22-/m0/s1. The van der Waals surface area contributed by atoms with Gasteiger partial charge >= 0.3 is 24.7 Å². The van der Waals surface area contributed by atoms with E-state index < -0.39 is 48.2 Å². The van der Waals surface area contributed by atoms with E-state index in [4.69, 9.17) is 9.47 Å². The SMILES string of the molecule is C=C/C(=C\C(=C/C)[C@H]1OC(=O)N(Cc2cc(OC(F)(F)F)ccc2N(CC(C)C)C(=O)OC)[C@H]1C)C(F)(F)F. The Bertz CT molecular complexity index is 1130. The Balaban J connectivity index is 2.53. The van der Waals surface area contributed by atoms with Crippen LogP contribution in [0.1, 0.15) is 33.3 Å². The first kappa shape index (κ1) is 31.6. The summed E-state index contributed by atoms with van der Waals surface area (Å²) in [5.41, 5.74) is -0.743. The smallest absolute Gasteiger partial charge is 0.452 e. The van der Waals surface area contributed by atoms with Crippen LogP contribution in [0.4, 0.5) is 41.6 Å². The molecule has 13 heteroatoms. The maximum absolute atomic E-state index is 13.3. The molecule has 1 aromatic rings. The molecule has 0 unspecified atom stereocenters. The molecular weight excluding hydrogens is 534 g/mol. The first-order chi connectivity index (χ1) is 18.0. The Kier molecular flexibility index (Phi) is 10.1. The highest BCUT2D eigenvalue weighted by atomic mass is 19.4. The molecule has 1 aliphatic heterocycles. The van der Waals surface area contributed by atoms with Gasteiger partial charge in [0.15, 0.2) is 0 Å². The summed E-state index contributed by atoms with van der Waals surface area (Å²) in [5, 5.41) is 0. The first-order valence-electron chi connectivity index (χ1n) is 11.8. The molecule has 2 rings (SSSR count). The number of halogens is 6. The van der Waals surface area contributed by atoms with Gasteiger partial charge in [0.05, 0.1) is 31.0 Å². The zero-order valence-electron chi connectivity index (χ0n) is 22.0. The molecule has 7 nitrogen and oxygen atoms in total. The van der Waals surface area contributed by atoms with Crippen LogP contribution in [0.3, 0.4) is 0 Å². The third kappa shape index (κ3) is 8.17. The molecule has 0 bridgehead atoms. The van der Waals surface area contributed by atoms with Gasteiger partial charge in [-0.2, -0.15) is 13.2 Å². The fourth-order valence-electron chi connectivity index (χ4n) is 4.00. The largest absolute Gasteiger partial charge is 0.573 e. The molecule has 1 fully saturated rings. The van der Waals surface area contributed by atoms with Crippen molar-refractivity contribution in [2.75, 3.05) is 18.6 Å². The van der Waals surface area contributed by atoms with Gasteiger partial charge in [-0.15, -0.1) is 13.2 Å². The minimum atomic E-state index is -5.00. The number of carbonyl (C=O) groups excluding carboxylic acids is 2. The second-order valence-electron chi connectivity index (χ2n) is 9.08. The van der Waals surface area contributed by atoms with E-state index in [1.54, 1.807) is 0 Å². The number of amides is 2. The lowest BCUT2D eigenvalue weighted by molar-refractivity contribution is -0.274. The van der Waals surface area contributed by atoms with Crippen molar-refractivity contribution in [3.05, 3.63) is 59.7 Å². The van der Waals surface area contributed by atoms with Gasteiger partial charge in [0, 0.05) is 6.54 Å². The number of carbonyl (C=O) groups is 2. The van der Waals surface area contributed by atoms with Gasteiger partial charge in [0.25, 0.3) is 0 Å². The van der Waals surface area contributed by atoms with Crippen molar-refractivity contribution in [1.29, 1.82) is 0 Å². The van der Waals surface area contributed by atoms with Crippen LogP contribution in [0.5, 0.6) is 5.75 Å². The Labute approximate surface area is 222 Å². The zero-order valence-corrected chi connectivity index (χ0v) is 22.0. The molecule has 0 spiro atoms. The van der Waals surface area contributed by atoms with Gasteiger partial charge in [0.1, 0.15) is 11.9 Å². The lowest BCUT2D eigenvalue weighted by Gasteiger charge is -2.28. The van der Waals surface area contributed by atoms with Crippen LogP contribution in [-0.2, 0) is 16.0 Å². The number of hydrogen-bond acceptors (Lipinski definition) is 5.